The number of methoxy groups -OCH3 is 2. The zero-order chi connectivity index (χ0) is 23.7. The third kappa shape index (κ3) is 4.50. The first kappa shape index (κ1) is 24.0. The summed E-state index contributed by atoms with van der Waals surface area (Å²) in [5.41, 5.74) is 4.51. The van der Waals surface area contributed by atoms with Gasteiger partial charge in [0, 0.05) is 55.0 Å². The summed E-state index contributed by atoms with van der Waals surface area (Å²) in [7, 11) is 3.29. The van der Waals surface area contributed by atoms with Gasteiger partial charge < -0.3 is 19.1 Å². The van der Waals surface area contributed by atoms with Gasteiger partial charge in [-0.05, 0) is 73.2 Å². The van der Waals surface area contributed by atoms with Crippen molar-refractivity contribution in [2.45, 2.75) is 64.4 Å². The van der Waals surface area contributed by atoms with Crippen LogP contribution in [0.1, 0.15) is 63.9 Å². The Morgan fingerprint density at radius 3 is 2.12 bits per heavy atom. The van der Waals surface area contributed by atoms with Crippen molar-refractivity contribution >= 4 is 27.5 Å². The van der Waals surface area contributed by atoms with E-state index >= 15 is 0 Å². The number of hydrogen-bond acceptors (Lipinski definition) is 6. The van der Waals surface area contributed by atoms with Crippen LogP contribution in [0.15, 0.2) is 39.1 Å². The Hall–Kier alpha value is -2.12. The molecule has 0 N–H and O–H groups in total. The predicted octanol–water partition coefficient (Wildman–Crippen LogP) is 5.30. The molecule has 0 saturated carbocycles. The van der Waals surface area contributed by atoms with Gasteiger partial charge in [-0.2, -0.15) is 0 Å². The highest BCUT2D eigenvalue weighted by Gasteiger charge is 2.43. The molecule has 0 saturated heterocycles. The molecule has 0 unspecified atom stereocenters. The molecule has 6 nitrogen and oxygen atoms in total. The van der Waals surface area contributed by atoms with Crippen molar-refractivity contribution in [1.82, 2.24) is 4.90 Å². The van der Waals surface area contributed by atoms with E-state index in [-0.39, 0.29) is 23.6 Å². The van der Waals surface area contributed by atoms with Crippen molar-refractivity contribution in [2.24, 2.45) is 0 Å². The lowest BCUT2D eigenvalue weighted by Gasteiger charge is -2.44. The van der Waals surface area contributed by atoms with Gasteiger partial charge in [0.15, 0.2) is 23.1 Å². The first-order valence-corrected chi connectivity index (χ1v) is 12.5. The molecule has 0 bridgehead atoms. The van der Waals surface area contributed by atoms with Crippen LogP contribution in [-0.2, 0) is 14.3 Å². The second kappa shape index (κ2) is 10.0. The molecule has 2 aliphatic carbocycles. The van der Waals surface area contributed by atoms with E-state index in [4.69, 9.17) is 14.2 Å². The number of carbonyl (C=O) groups excluding carboxylic acids is 2. The second-order valence-electron chi connectivity index (χ2n) is 9.05. The summed E-state index contributed by atoms with van der Waals surface area (Å²) in [4.78, 5) is 28.9. The predicted molar refractivity (Wildman–Crippen MR) is 130 cm³/mol. The van der Waals surface area contributed by atoms with Gasteiger partial charge in [0.1, 0.15) is 0 Å². The fraction of sp³-hybridized carbons (Fsp3) is 0.538. The number of ether oxygens (including phenoxy) is 3. The number of ketones is 2. The van der Waals surface area contributed by atoms with Crippen LogP contribution in [0.25, 0.3) is 0 Å². The van der Waals surface area contributed by atoms with Crippen LogP contribution in [0.5, 0.6) is 11.5 Å². The number of allylic oxidation sites excluding steroid dienone is 4. The molecule has 3 aliphatic rings. The minimum absolute atomic E-state index is 0.0199. The van der Waals surface area contributed by atoms with Crippen molar-refractivity contribution in [2.75, 3.05) is 27.4 Å². The van der Waals surface area contributed by atoms with E-state index in [1.165, 1.54) is 0 Å². The number of nitrogens with zero attached hydrogens (tertiary/aromatic N) is 1. The highest BCUT2D eigenvalue weighted by Crippen LogP contribution is 2.51. The quantitative estimate of drug-likeness (QED) is 0.488. The number of carbonyl (C=O) groups is 2. The largest absolute Gasteiger partial charge is 0.493 e. The summed E-state index contributed by atoms with van der Waals surface area (Å²) in [6.45, 7) is 5.12. The van der Waals surface area contributed by atoms with E-state index in [2.05, 4.69) is 20.8 Å². The van der Waals surface area contributed by atoms with Crippen LogP contribution in [0.4, 0.5) is 0 Å². The van der Waals surface area contributed by atoms with E-state index in [0.29, 0.717) is 37.5 Å². The van der Waals surface area contributed by atoms with Crippen LogP contribution in [0.3, 0.4) is 0 Å². The molecule has 1 aliphatic heterocycles. The number of halogens is 1. The van der Waals surface area contributed by atoms with Gasteiger partial charge in [0.05, 0.1) is 24.3 Å². The molecule has 178 valence electrons. The molecule has 33 heavy (non-hydrogen) atoms. The maximum absolute atomic E-state index is 13.3. The number of benzene rings is 1. The molecule has 1 aromatic carbocycles. The van der Waals surface area contributed by atoms with Gasteiger partial charge in [-0.1, -0.05) is 0 Å². The maximum Gasteiger partial charge on any atom is 0.175 e. The topological polar surface area (TPSA) is 65.1 Å². The summed E-state index contributed by atoms with van der Waals surface area (Å²) in [5.74, 6) is 1.10. The fourth-order valence-corrected chi connectivity index (χ4v) is 5.81. The monoisotopic (exact) mass is 517 g/mol. The average molecular weight is 518 g/mol. The van der Waals surface area contributed by atoms with Crippen LogP contribution < -0.4 is 9.47 Å². The molecule has 0 atom stereocenters. The Kier molecular flexibility index (Phi) is 7.29. The van der Waals surface area contributed by atoms with Gasteiger partial charge in [0.2, 0.25) is 0 Å². The zero-order valence-corrected chi connectivity index (χ0v) is 21.4. The van der Waals surface area contributed by atoms with Crippen molar-refractivity contribution < 1.29 is 23.8 Å². The summed E-state index contributed by atoms with van der Waals surface area (Å²) in [6.07, 6.45) is 4.33. The lowest BCUT2D eigenvalue weighted by atomic mass is 9.71. The maximum atomic E-state index is 13.3. The summed E-state index contributed by atoms with van der Waals surface area (Å²) < 4.78 is 17.8. The molecular formula is C26H32BrNO5. The smallest absolute Gasteiger partial charge is 0.175 e. The highest BCUT2D eigenvalue weighted by atomic mass is 79.9. The third-order valence-electron chi connectivity index (χ3n) is 6.54. The van der Waals surface area contributed by atoms with E-state index in [1.807, 2.05) is 26.0 Å². The Morgan fingerprint density at radius 2 is 1.61 bits per heavy atom. The molecule has 7 heteroatoms. The summed E-state index contributed by atoms with van der Waals surface area (Å²) >= 11 is 3.65. The first-order valence-electron chi connectivity index (χ1n) is 11.7. The molecule has 0 aromatic heterocycles. The Morgan fingerprint density at radius 1 is 1.00 bits per heavy atom. The van der Waals surface area contributed by atoms with Crippen LogP contribution in [0.2, 0.25) is 0 Å². The third-order valence-corrected chi connectivity index (χ3v) is 7.13. The normalized spacial score (nSPS) is 19.3. The van der Waals surface area contributed by atoms with Crippen molar-refractivity contribution in [3.63, 3.8) is 0 Å². The van der Waals surface area contributed by atoms with Crippen molar-refractivity contribution in [3.05, 3.63) is 44.7 Å². The number of hydrogen-bond donors (Lipinski definition) is 0. The SMILES string of the molecule is COCCN1C2=C(C(=O)CCC2)C(c2cc(Br)c(OC(C)C)c(OC)c2)C2=C1CCCC2=O. The van der Waals surface area contributed by atoms with Gasteiger partial charge in [0.25, 0.3) is 0 Å². The molecule has 1 aromatic rings. The molecule has 0 amide bonds. The standard InChI is InChI=1S/C26H32BrNO5/c1-15(2)33-26-17(27)13-16(14-22(26)32-4)23-24-18(7-5-9-20(24)29)28(11-12-31-3)19-8-6-10-21(30)25(19)23/h13-15,23H,5-12H2,1-4H3. The summed E-state index contributed by atoms with van der Waals surface area (Å²) in [5, 5.41) is 0. The van der Waals surface area contributed by atoms with Crippen molar-refractivity contribution in [3.8, 4) is 11.5 Å². The minimum atomic E-state index is -0.382. The Balaban J connectivity index is 1.92. The second-order valence-corrected chi connectivity index (χ2v) is 9.91. The molecular weight excluding hydrogens is 486 g/mol. The molecule has 1 heterocycles. The molecule has 0 fully saturated rings. The van der Waals surface area contributed by atoms with Crippen molar-refractivity contribution in [1.29, 1.82) is 0 Å². The van der Waals surface area contributed by atoms with E-state index in [9.17, 15) is 9.59 Å². The Bertz CT molecular complexity index is 982. The average Bonchev–Trinajstić information content (AvgIpc) is 2.78. The van der Waals surface area contributed by atoms with E-state index < -0.39 is 0 Å². The molecule has 4 rings (SSSR count). The van der Waals surface area contributed by atoms with Crippen LogP contribution in [0, 0.1) is 0 Å². The Labute approximate surface area is 204 Å². The first-order chi connectivity index (χ1) is 15.9. The van der Waals surface area contributed by atoms with E-state index in [0.717, 1.165) is 58.3 Å². The number of Topliss-reactive ketones (excluding diaryl/α,β-unsaturated/α-hetero) is 2. The molecule has 0 spiro atoms. The summed E-state index contributed by atoms with van der Waals surface area (Å²) in [6, 6.07) is 3.91. The van der Waals surface area contributed by atoms with Crippen LogP contribution >= 0.6 is 15.9 Å². The van der Waals surface area contributed by atoms with Gasteiger partial charge in [-0.25, -0.2) is 0 Å². The minimum Gasteiger partial charge on any atom is -0.493 e. The lowest BCUT2D eigenvalue weighted by molar-refractivity contribution is -0.117. The lowest BCUT2D eigenvalue weighted by Crippen LogP contribution is -2.40. The zero-order valence-electron chi connectivity index (χ0n) is 19.8. The van der Waals surface area contributed by atoms with Crippen LogP contribution in [-0.4, -0.2) is 49.9 Å². The number of rotatable bonds is 7. The van der Waals surface area contributed by atoms with Gasteiger partial charge in [-0.15, -0.1) is 0 Å². The van der Waals surface area contributed by atoms with Gasteiger partial charge >= 0.3 is 0 Å². The van der Waals surface area contributed by atoms with Gasteiger partial charge in [-0.3, -0.25) is 9.59 Å². The molecule has 0 radical (unpaired) electrons. The highest BCUT2D eigenvalue weighted by molar-refractivity contribution is 9.10. The van der Waals surface area contributed by atoms with E-state index in [1.54, 1.807) is 14.2 Å². The fourth-order valence-electron chi connectivity index (χ4n) is 5.26.